The zero-order chi connectivity index (χ0) is 20.7. The molecule has 0 aromatic rings. The Bertz CT molecular complexity index is 356. The number of ether oxygens (including phenoxy) is 1. The van der Waals surface area contributed by atoms with Crippen molar-refractivity contribution < 1.29 is 9.53 Å². The highest BCUT2D eigenvalue weighted by Gasteiger charge is 2.22. The van der Waals surface area contributed by atoms with Crippen molar-refractivity contribution in [1.29, 1.82) is 0 Å². The molecule has 0 aliphatic rings. The minimum Gasteiger partial charge on any atom is -0.462 e. The van der Waals surface area contributed by atoms with Crippen molar-refractivity contribution in [3.05, 3.63) is 0 Å². The maximum Gasteiger partial charge on any atom is 0.306 e. The predicted octanol–water partition coefficient (Wildman–Crippen LogP) is 8.33. The van der Waals surface area contributed by atoms with E-state index in [9.17, 15) is 4.79 Å². The second kappa shape index (κ2) is 15.4. The summed E-state index contributed by atoms with van der Waals surface area (Å²) in [5.41, 5.74) is 0.270. The highest BCUT2D eigenvalue weighted by Crippen LogP contribution is 2.27. The Kier molecular flexibility index (Phi) is 15.1. The minimum atomic E-state index is 0.0189. The van der Waals surface area contributed by atoms with Crippen LogP contribution in [-0.2, 0) is 9.53 Å². The fourth-order valence-corrected chi connectivity index (χ4v) is 4.15. The third-order valence-electron chi connectivity index (χ3n) is 5.37. The van der Waals surface area contributed by atoms with Gasteiger partial charge >= 0.3 is 5.97 Å². The normalized spacial score (nSPS) is 15.4. The van der Waals surface area contributed by atoms with Crippen LogP contribution >= 0.6 is 0 Å². The monoisotopic (exact) mass is 382 g/mol. The van der Waals surface area contributed by atoms with Crippen molar-refractivity contribution in [3.63, 3.8) is 0 Å². The third-order valence-corrected chi connectivity index (χ3v) is 5.37. The molecular formula is C25H50O2. The van der Waals surface area contributed by atoms with Gasteiger partial charge in [-0.1, -0.05) is 99.8 Å². The number of carbonyl (C=O) groups is 1. The Balaban J connectivity index is 4.44. The van der Waals surface area contributed by atoms with E-state index in [1.807, 2.05) is 0 Å². The van der Waals surface area contributed by atoms with Gasteiger partial charge in [0.25, 0.3) is 0 Å². The molecule has 3 unspecified atom stereocenters. The van der Waals surface area contributed by atoms with Crippen LogP contribution in [0.1, 0.15) is 132 Å². The molecule has 0 saturated heterocycles. The molecule has 2 nitrogen and oxygen atoms in total. The molecular weight excluding hydrogens is 332 g/mol. The van der Waals surface area contributed by atoms with E-state index < -0.39 is 0 Å². The summed E-state index contributed by atoms with van der Waals surface area (Å²) in [5.74, 6) is 1.06. The topological polar surface area (TPSA) is 26.3 Å². The Morgan fingerprint density at radius 1 is 0.815 bits per heavy atom. The number of unbranched alkanes of at least 4 members (excludes halogenated alkanes) is 6. The molecule has 3 atom stereocenters. The van der Waals surface area contributed by atoms with E-state index in [1.54, 1.807) is 0 Å². The molecule has 0 bridgehead atoms. The second-order valence-corrected chi connectivity index (χ2v) is 10.2. The first kappa shape index (κ1) is 26.5. The van der Waals surface area contributed by atoms with Crippen molar-refractivity contribution in [2.24, 2.45) is 17.3 Å². The molecule has 162 valence electrons. The smallest absolute Gasteiger partial charge is 0.306 e. The molecule has 0 spiro atoms. The lowest BCUT2D eigenvalue weighted by Crippen LogP contribution is -2.23. The highest BCUT2D eigenvalue weighted by atomic mass is 16.5. The van der Waals surface area contributed by atoms with Crippen molar-refractivity contribution in [1.82, 2.24) is 0 Å². The molecule has 2 heteroatoms. The maximum absolute atomic E-state index is 12.5. The molecule has 0 fully saturated rings. The molecule has 0 aromatic carbocycles. The minimum absolute atomic E-state index is 0.0189. The first-order chi connectivity index (χ1) is 12.7. The van der Waals surface area contributed by atoms with E-state index in [0.717, 1.165) is 19.3 Å². The third kappa shape index (κ3) is 17.3. The summed E-state index contributed by atoms with van der Waals surface area (Å²) < 4.78 is 5.98. The van der Waals surface area contributed by atoms with Gasteiger partial charge in [-0.3, -0.25) is 4.79 Å². The molecule has 0 radical (unpaired) electrons. The van der Waals surface area contributed by atoms with Gasteiger partial charge in [0, 0.05) is 6.42 Å². The molecule has 0 aliphatic heterocycles. The summed E-state index contributed by atoms with van der Waals surface area (Å²) in [7, 11) is 0. The Labute approximate surface area is 171 Å². The first-order valence-electron chi connectivity index (χ1n) is 11.9. The van der Waals surface area contributed by atoms with Crippen LogP contribution in [0.25, 0.3) is 0 Å². The van der Waals surface area contributed by atoms with Crippen LogP contribution in [0.2, 0.25) is 0 Å². The van der Waals surface area contributed by atoms with Gasteiger partial charge in [0.15, 0.2) is 0 Å². The Hall–Kier alpha value is -0.530. The molecule has 0 aliphatic carbocycles. The molecule has 27 heavy (non-hydrogen) atoms. The molecule has 0 saturated carbocycles. The van der Waals surface area contributed by atoms with Gasteiger partial charge < -0.3 is 4.74 Å². The van der Waals surface area contributed by atoms with Crippen molar-refractivity contribution >= 4 is 5.97 Å². The number of hydrogen-bond donors (Lipinski definition) is 0. The van der Waals surface area contributed by atoms with Crippen LogP contribution in [0.4, 0.5) is 0 Å². The molecule has 0 heterocycles. The molecule has 0 amide bonds. The summed E-state index contributed by atoms with van der Waals surface area (Å²) in [6, 6.07) is 0. The summed E-state index contributed by atoms with van der Waals surface area (Å²) in [4.78, 5) is 12.5. The lowest BCUT2D eigenvalue weighted by molar-refractivity contribution is -0.151. The van der Waals surface area contributed by atoms with E-state index in [0.29, 0.717) is 18.3 Å². The van der Waals surface area contributed by atoms with Gasteiger partial charge in [-0.25, -0.2) is 0 Å². The van der Waals surface area contributed by atoms with Crippen molar-refractivity contribution in [3.8, 4) is 0 Å². The predicted molar refractivity (Wildman–Crippen MR) is 119 cm³/mol. The van der Waals surface area contributed by atoms with Gasteiger partial charge in [-0.05, 0) is 42.9 Å². The van der Waals surface area contributed by atoms with E-state index in [-0.39, 0.29) is 17.5 Å². The Morgan fingerprint density at radius 2 is 1.37 bits per heavy atom. The lowest BCUT2D eigenvalue weighted by atomic mass is 9.84. The zero-order valence-electron chi connectivity index (χ0n) is 19.7. The second-order valence-electron chi connectivity index (χ2n) is 10.2. The van der Waals surface area contributed by atoms with E-state index in [2.05, 4.69) is 48.5 Å². The Morgan fingerprint density at radius 3 is 1.89 bits per heavy atom. The van der Waals surface area contributed by atoms with Crippen LogP contribution in [0.3, 0.4) is 0 Å². The largest absolute Gasteiger partial charge is 0.462 e. The van der Waals surface area contributed by atoms with Gasteiger partial charge in [0.05, 0.1) is 0 Å². The SMILES string of the molecule is CCCCCCC(C)CC(CCCCCC)OC(=O)CC(C)CC(C)(C)C. The molecule has 0 aromatic heterocycles. The average molecular weight is 383 g/mol. The number of esters is 1. The van der Waals surface area contributed by atoms with Crippen LogP contribution in [0.15, 0.2) is 0 Å². The van der Waals surface area contributed by atoms with Crippen LogP contribution in [-0.4, -0.2) is 12.1 Å². The zero-order valence-corrected chi connectivity index (χ0v) is 19.7. The van der Waals surface area contributed by atoms with Crippen molar-refractivity contribution in [2.75, 3.05) is 0 Å². The molecule has 0 rings (SSSR count). The fourth-order valence-electron chi connectivity index (χ4n) is 4.15. The fraction of sp³-hybridized carbons (Fsp3) is 0.960. The quantitative estimate of drug-likeness (QED) is 0.198. The summed E-state index contributed by atoms with van der Waals surface area (Å²) >= 11 is 0. The van der Waals surface area contributed by atoms with Crippen LogP contribution in [0.5, 0.6) is 0 Å². The van der Waals surface area contributed by atoms with Gasteiger partial charge in [-0.15, -0.1) is 0 Å². The van der Waals surface area contributed by atoms with Gasteiger partial charge in [0.1, 0.15) is 6.10 Å². The summed E-state index contributed by atoms with van der Waals surface area (Å²) in [6.45, 7) is 15.7. The number of carbonyl (C=O) groups excluding carboxylic acids is 1. The number of hydrogen-bond acceptors (Lipinski definition) is 2. The maximum atomic E-state index is 12.5. The summed E-state index contributed by atoms with van der Waals surface area (Å²) in [6.07, 6.45) is 15.4. The highest BCUT2D eigenvalue weighted by molar-refractivity contribution is 5.69. The standard InChI is InChI=1S/C25H50O2/c1-8-10-12-14-16-21(3)18-23(17-15-13-11-9-2)27-24(26)19-22(4)20-25(5,6)7/h21-23H,8-20H2,1-7H3. The average Bonchev–Trinajstić information content (AvgIpc) is 2.53. The van der Waals surface area contributed by atoms with E-state index in [1.165, 1.54) is 57.8 Å². The van der Waals surface area contributed by atoms with Crippen molar-refractivity contribution in [2.45, 2.75) is 138 Å². The summed E-state index contributed by atoms with van der Waals surface area (Å²) in [5, 5.41) is 0. The van der Waals surface area contributed by atoms with Crippen LogP contribution in [0, 0.1) is 17.3 Å². The van der Waals surface area contributed by atoms with Gasteiger partial charge in [-0.2, -0.15) is 0 Å². The van der Waals surface area contributed by atoms with Gasteiger partial charge in [0.2, 0.25) is 0 Å². The number of rotatable bonds is 16. The molecule has 0 N–H and O–H groups in total. The lowest BCUT2D eigenvalue weighted by Gasteiger charge is -2.25. The van der Waals surface area contributed by atoms with Crippen LogP contribution < -0.4 is 0 Å². The van der Waals surface area contributed by atoms with E-state index in [4.69, 9.17) is 4.74 Å². The first-order valence-corrected chi connectivity index (χ1v) is 11.9. The van der Waals surface area contributed by atoms with E-state index >= 15 is 0 Å².